The summed E-state index contributed by atoms with van der Waals surface area (Å²) in [6.07, 6.45) is 17.4. The molecule has 1 aromatic carbocycles. The molecule has 1 aromatic rings. The van der Waals surface area contributed by atoms with Gasteiger partial charge in [-0.25, -0.2) is 0 Å². The van der Waals surface area contributed by atoms with E-state index in [2.05, 4.69) is 43.4 Å². The van der Waals surface area contributed by atoms with E-state index in [4.69, 9.17) is 10.00 Å². The first-order chi connectivity index (χ1) is 21.4. The van der Waals surface area contributed by atoms with E-state index in [0.717, 1.165) is 112 Å². The Morgan fingerprint density at radius 2 is 1.75 bits per heavy atom. The molecule has 0 fully saturated rings. The fraction of sp³-hybridized carbons (Fsp3) is 0.568. The lowest BCUT2D eigenvalue weighted by atomic mass is 9.67. The maximum Gasteiger partial charge on any atom is 0.305 e. The van der Waals surface area contributed by atoms with Gasteiger partial charge in [0.25, 0.3) is 0 Å². The fourth-order valence-electron chi connectivity index (χ4n) is 6.28. The third-order valence-electron chi connectivity index (χ3n) is 8.58. The van der Waals surface area contributed by atoms with Crippen LogP contribution >= 0.6 is 0 Å². The number of carboxylic acid groups (broad SMARTS) is 1. The van der Waals surface area contributed by atoms with Crippen molar-refractivity contribution in [1.82, 2.24) is 0 Å². The van der Waals surface area contributed by atoms with E-state index in [-0.39, 0.29) is 18.3 Å². The van der Waals surface area contributed by atoms with Crippen molar-refractivity contribution in [1.29, 1.82) is 15.8 Å². The molecule has 44 heavy (non-hydrogen) atoms. The molecular formula is C37H50N4O3. The molecule has 0 saturated carbocycles. The Kier molecular flexibility index (Phi) is 16.5. The second-order valence-corrected chi connectivity index (χ2v) is 11.8. The highest BCUT2D eigenvalue weighted by Crippen LogP contribution is 2.46. The van der Waals surface area contributed by atoms with E-state index in [1.807, 2.05) is 24.3 Å². The third kappa shape index (κ3) is 11.2. The summed E-state index contributed by atoms with van der Waals surface area (Å²) in [5.41, 5.74) is 4.55. The SMILES string of the molecule is CCCCCCC(CCCCCC)(C/C(C#N)=C\C1=C(C#N)C(=C/CC#N)/CCC1)c1cc(OC)ccc1NCCC(=O)O. The minimum atomic E-state index is -0.857. The van der Waals surface area contributed by atoms with Crippen molar-refractivity contribution in [2.75, 3.05) is 19.0 Å². The number of nitrogens with zero attached hydrogens (tertiary/aromatic N) is 3. The maximum atomic E-state index is 11.3. The van der Waals surface area contributed by atoms with Crippen LogP contribution in [0, 0.1) is 34.0 Å². The standard InChI is InChI=1S/C37H50N4O3/c1-4-6-8-10-20-37(21-11-9-7-5-2,34-25-32(44-3)17-18-35(34)41-23-19-36(42)43)26-29(27-39)24-31-15-12-14-30(16-13-22-38)33(31)28-40/h16-18,24-25,41H,4-15,19-21,23,26H2,1-3H3,(H,42,43)/b29-24+,30-16+. The fourth-order valence-corrected chi connectivity index (χ4v) is 6.28. The minimum absolute atomic E-state index is 0.00155. The summed E-state index contributed by atoms with van der Waals surface area (Å²) in [6, 6.07) is 13.0. The van der Waals surface area contributed by atoms with Crippen molar-refractivity contribution in [2.45, 2.75) is 122 Å². The monoisotopic (exact) mass is 598 g/mol. The summed E-state index contributed by atoms with van der Waals surface area (Å²) >= 11 is 0. The Bertz CT molecular complexity index is 1290. The van der Waals surface area contributed by atoms with Crippen molar-refractivity contribution < 1.29 is 14.6 Å². The number of nitrogens with one attached hydrogen (secondary N) is 1. The van der Waals surface area contributed by atoms with Crippen molar-refractivity contribution in [3.05, 3.63) is 58.2 Å². The molecule has 0 heterocycles. The van der Waals surface area contributed by atoms with E-state index in [0.29, 0.717) is 24.1 Å². The van der Waals surface area contributed by atoms with E-state index >= 15 is 0 Å². The van der Waals surface area contributed by atoms with Crippen molar-refractivity contribution in [2.24, 2.45) is 0 Å². The zero-order valence-electron chi connectivity index (χ0n) is 27.0. The molecule has 0 spiro atoms. The molecule has 236 valence electrons. The average Bonchev–Trinajstić information content (AvgIpc) is 3.03. The molecule has 2 N–H and O–H groups in total. The predicted molar refractivity (Wildman–Crippen MR) is 176 cm³/mol. The second kappa shape index (κ2) is 20.0. The number of allylic oxidation sites excluding steroid dienone is 6. The van der Waals surface area contributed by atoms with Crippen LogP contribution in [0.3, 0.4) is 0 Å². The van der Waals surface area contributed by atoms with Gasteiger partial charge < -0.3 is 15.2 Å². The van der Waals surface area contributed by atoms with E-state index in [9.17, 15) is 20.4 Å². The van der Waals surface area contributed by atoms with Gasteiger partial charge >= 0.3 is 5.97 Å². The maximum absolute atomic E-state index is 11.3. The van der Waals surface area contributed by atoms with Crippen molar-refractivity contribution in [3.8, 4) is 24.0 Å². The van der Waals surface area contributed by atoms with Gasteiger partial charge in [-0.3, -0.25) is 4.79 Å². The molecule has 7 nitrogen and oxygen atoms in total. The summed E-state index contributed by atoms with van der Waals surface area (Å²) < 4.78 is 5.69. The van der Waals surface area contributed by atoms with Crippen LogP contribution in [-0.4, -0.2) is 24.7 Å². The summed E-state index contributed by atoms with van der Waals surface area (Å²) in [5, 5.41) is 42.4. The van der Waals surface area contributed by atoms with Crippen LogP contribution in [0.15, 0.2) is 52.6 Å². The molecule has 0 aliphatic heterocycles. The minimum Gasteiger partial charge on any atom is -0.497 e. The van der Waals surface area contributed by atoms with Crippen LogP contribution in [0.5, 0.6) is 5.75 Å². The number of hydrogen-bond acceptors (Lipinski definition) is 6. The summed E-state index contributed by atoms with van der Waals surface area (Å²) in [4.78, 5) is 11.3. The third-order valence-corrected chi connectivity index (χ3v) is 8.58. The Balaban J connectivity index is 2.72. The molecule has 0 radical (unpaired) electrons. The Labute approximate surface area is 264 Å². The number of hydrogen-bond donors (Lipinski definition) is 2. The molecule has 0 unspecified atom stereocenters. The van der Waals surface area contributed by atoms with Crippen LogP contribution in [0.25, 0.3) is 0 Å². The van der Waals surface area contributed by atoms with Gasteiger partial charge in [-0.1, -0.05) is 71.3 Å². The summed E-state index contributed by atoms with van der Waals surface area (Å²) in [5.74, 6) is -0.128. The number of carbonyl (C=O) groups is 1. The molecule has 1 aliphatic rings. The number of benzene rings is 1. The van der Waals surface area contributed by atoms with Gasteiger partial charge in [0.05, 0.1) is 43.7 Å². The van der Waals surface area contributed by atoms with Gasteiger partial charge in [-0.2, -0.15) is 15.8 Å². The normalized spacial score (nSPS) is 14.5. The van der Waals surface area contributed by atoms with Gasteiger partial charge in [-0.05, 0) is 79.5 Å². The lowest BCUT2D eigenvalue weighted by Crippen LogP contribution is -2.29. The molecule has 1 aliphatic carbocycles. The average molecular weight is 599 g/mol. The number of nitriles is 3. The van der Waals surface area contributed by atoms with Crippen LogP contribution in [0.2, 0.25) is 0 Å². The number of aliphatic carboxylic acids is 1. The molecular weight excluding hydrogens is 548 g/mol. The van der Waals surface area contributed by atoms with E-state index < -0.39 is 5.97 Å². The summed E-state index contributed by atoms with van der Waals surface area (Å²) in [6.45, 7) is 4.70. The molecule has 0 saturated heterocycles. The molecule has 0 aromatic heterocycles. The number of anilines is 1. The topological polar surface area (TPSA) is 130 Å². The van der Waals surface area contributed by atoms with Crippen LogP contribution in [-0.2, 0) is 10.2 Å². The Morgan fingerprint density at radius 1 is 1.05 bits per heavy atom. The van der Waals surface area contributed by atoms with Gasteiger partial charge in [0.15, 0.2) is 0 Å². The lowest BCUT2D eigenvalue weighted by Gasteiger charge is -2.37. The van der Waals surface area contributed by atoms with Gasteiger partial charge in [0.2, 0.25) is 0 Å². The van der Waals surface area contributed by atoms with E-state index in [1.54, 1.807) is 7.11 Å². The first-order valence-electron chi connectivity index (χ1n) is 16.3. The van der Waals surface area contributed by atoms with Gasteiger partial charge in [-0.15, -0.1) is 0 Å². The highest BCUT2D eigenvalue weighted by molar-refractivity contribution is 5.68. The van der Waals surface area contributed by atoms with Crippen molar-refractivity contribution >= 4 is 11.7 Å². The number of carboxylic acids is 1. The van der Waals surface area contributed by atoms with Crippen molar-refractivity contribution in [3.63, 3.8) is 0 Å². The second-order valence-electron chi connectivity index (χ2n) is 11.8. The molecule has 7 heteroatoms. The molecule has 0 amide bonds. The zero-order chi connectivity index (χ0) is 32.2. The van der Waals surface area contributed by atoms with E-state index in [1.165, 1.54) is 0 Å². The lowest BCUT2D eigenvalue weighted by molar-refractivity contribution is -0.136. The highest BCUT2D eigenvalue weighted by Gasteiger charge is 2.35. The quantitative estimate of drug-likeness (QED) is 0.113. The number of ether oxygens (including phenoxy) is 1. The zero-order valence-corrected chi connectivity index (χ0v) is 27.0. The summed E-state index contributed by atoms with van der Waals surface area (Å²) in [7, 11) is 1.65. The number of methoxy groups -OCH3 is 1. The molecule has 0 bridgehead atoms. The molecule has 2 rings (SSSR count). The smallest absolute Gasteiger partial charge is 0.305 e. The Hall–Kier alpha value is -4.02. The number of rotatable bonds is 20. The van der Waals surface area contributed by atoms with Gasteiger partial charge in [0.1, 0.15) is 5.75 Å². The largest absolute Gasteiger partial charge is 0.497 e. The van der Waals surface area contributed by atoms with Crippen LogP contribution < -0.4 is 10.1 Å². The first kappa shape index (κ1) is 36.2. The predicted octanol–water partition coefficient (Wildman–Crippen LogP) is 9.44. The number of unbranched alkanes of at least 4 members (excludes halogenated alkanes) is 6. The van der Waals surface area contributed by atoms with Crippen LogP contribution in [0.4, 0.5) is 5.69 Å². The highest BCUT2D eigenvalue weighted by atomic mass is 16.5. The first-order valence-corrected chi connectivity index (χ1v) is 16.3. The van der Waals surface area contributed by atoms with Crippen LogP contribution in [0.1, 0.15) is 122 Å². The molecule has 0 atom stereocenters. The Morgan fingerprint density at radius 3 is 2.32 bits per heavy atom. The van der Waals surface area contributed by atoms with Gasteiger partial charge in [0, 0.05) is 23.2 Å².